The van der Waals surface area contributed by atoms with Crippen LogP contribution in [0.15, 0.2) is 23.9 Å². The summed E-state index contributed by atoms with van der Waals surface area (Å²) in [5.74, 6) is 0. The Labute approximate surface area is 72.4 Å². The third kappa shape index (κ3) is 1.39. The predicted molar refractivity (Wildman–Crippen MR) is 53.6 cm³/mol. The van der Waals surface area contributed by atoms with E-state index < -0.39 is 0 Å². The van der Waals surface area contributed by atoms with E-state index in [0.29, 0.717) is 0 Å². The summed E-state index contributed by atoms with van der Waals surface area (Å²) in [5, 5.41) is 7.19. The molecule has 3 heteroatoms. The summed E-state index contributed by atoms with van der Waals surface area (Å²) in [5.41, 5.74) is 2.02. The first-order chi connectivity index (χ1) is 5.83. The number of hydrogen-bond donors (Lipinski definition) is 1. The molecule has 0 saturated carbocycles. The van der Waals surface area contributed by atoms with Crippen LogP contribution in [-0.2, 0) is 0 Å². The molecule has 0 saturated heterocycles. The number of aromatic nitrogens is 1. The Balaban J connectivity index is 3.13. The average molecular weight is 163 g/mol. The Kier molecular flexibility index (Phi) is 2.69. The molecule has 0 aliphatic rings. The van der Waals surface area contributed by atoms with Crippen LogP contribution >= 0.6 is 0 Å². The topological polar surface area (TPSA) is 29.3 Å². The largest absolute Gasteiger partial charge is 0.386 e. The summed E-state index contributed by atoms with van der Waals surface area (Å²) in [7, 11) is 1.88. The van der Waals surface area contributed by atoms with Gasteiger partial charge >= 0.3 is 0 Å². The van der Waals surface area contributed by atoms with Gasteiger partial charge in [-0.1, -0.05) is 6.58 Å². The Hall–Kier alpha value is -1.51. The third-order valence-corrected chi connectivity index (χ3v) is 1.61. The highest BCUT2D eigenvalue weighted by Crippen LogP contribution is 2.17. The number of hydrogen-bond acceptors (Lipinski definition) is 2. The molecule has 0 unspecified atom stereocenters. The van der Waals surface area contributed by atoms with Crippen molar-refractivity contribution in [2.75, 3.05) is 12.4 Å². The minimum atomic E-state index is 0.982. The summed E-state index contributed by atoms with van der Waals surface area (Å²) in [6.07, 6.45) is 5.41. The summed E-state index contributed by atoms with van der Waals surface area (Å²) >= 11 is 0. The molecule has 0 fully saturated rings. The zero-order chi connectivity index (χ0) is 8.97. The van der Waals surface area contributed by atoms with Gasteiger partial charge in [0.2, 0.25) is 0 Å². The van der Waals surface area contributed by atoms with E-state index >= 15 is 0 Å². The van der Waals surface area contributed by atoms with Crippen LogP contribution in [0, 0.1) is 0 Å². The fourth-order valence-electron chi connectivity index (χ4n) is 1.07. The zero-order valence-electron chi connectivity index (χ0n) is 7.41. The van der Waals surface area contributed by atoms with E-state index in [4.69, 9.17) is 0 Å². The van der Waals surface area contributed by atoms with Crippen molar-refractivity contribution < 1.29 is 0 Å². The lowest BCUT2D eigenvalue weighted by molar-refractivity contribution is 0.882. The molecule has 1 aromatic heterocycles. The fraction of sp³-hybridized carbons (Fsp3) is 0.222. The molecule has 0 aliphatic carbocycles. The third-order valence-electron chi connectivity index (χ3n) is 1.61. The second kappa shape index (κ2) is 3.76. The van der Waals surface area contributed by atoms with E-state index in [-0.39, 0.29) is 0 Å². The van der Waals surface area contributed by atoms with Crippen molar-refractivity contribution in [1.82, 2.24) is 4.68 Å². The van der Waals surface area contributed by atoms with Gasteiger partial charge in [-0.3, -0.25) is 0 Å². The molecule has 0 bridgehead atoms. The molecule has 64 valence electrons. The van der Waals surface area contributed by atoms with Gasteiger partial charge in [0.05, 0.1) is 11.4 Å². The Morgan fingerprint density at radius 3 is 2.92 bits per heavy atom. The van der Waals surface area contributed by atoms with Crippen molar-refractivity contribution in [3.63, 3.8) is 0 Å². The average Bonchev–Trinajstić information content (AvgIpc) is 2.47. The summed E-state index contributed by atoms with van der Waals surface area (Å²) in [4.78, 5) is 0. The Bertz CT molecular complexity index is 297. The predicted octanol–water partition coefficient (Wildman–Crippen LogP) is 2.03. The monoisotopic (exact) mass is 163 g/mol. The molecule has 1 N–H and O–H groups in total. The van der Waals surface area contributed by atoms with Gasteiger partial charge in [0, 0.05) is 19.5 Å². The molecule has 1 rings (SSSR count). The second-order valence-electron chi connectivity index (χ2n) is 2.29. The molecule has 12 heavy (non-hydrogen) atoms. The van der Waals surface area contributed by atoms with E-state index in [9.17, 15) is 0 Å². The van der Waals surface area contributed by atoms with Crippen LogP contribution in [0.5, 0.6) is 0 Å². The number of nitrogens with zero attached hydrogens (tertiary/aromatic N) is 2. The molecule has 0 aliphatic heterocycles. The number of nitrogens with one attached hydrogen (secondary N) is 1. The van der Waals surface area contributed by atoms with E-state index in [2.05, 4.69) is 17.0 Å². The lowest BCUT2D eigenvalue weighted by atomic mass is 10.3. The lowest BCUT2D eigenvalue weighted by Gasteiger charge is -2.00. The normalized spacial score (nSPS) is 10.5. The smallest absolute Gasteiger partial charge is 0.0871 e. The van der Waals surface area contributed by atoms with Crippen molar-refractivity contribution in [2.24, 2.45) is 5.10 Å². The maximum absolute atomic E-state index is 4.13. The van der Waals surface area contributed by atoms with Crippen LogP contribution < -0.4 is 5.32 Å². The molecule has 0 atom stereocenters. The first kappa shape index (κ1) is 8.59. The molecule has 1 heterocycles. The maximum atomic E-state index is 4.13. The molecule has 1 aromatic rings. The van der Waals surface area contributed by atoms with E-state index in [1.165, 1.54) is 0 Å². The quantitative estimate of drug-likeness (QED) is 0.679. The molecule has 0 spiro atoms. The highest BCUT2D eigenvalue weighted by Gasteiger charge is 2.01. The van der Waals surface area contributed by atoms with Crippen molar-refractivity contribution in [3.05, 3.63) is 24.5 Å². The second-order valence-corrected chi connectivity index (χ2v) is 2.29. The van der Waals surface area contributed by atoms with E-state index in [1.54, 1.807) is 17.0 Å². The Morgan fingerprint density at radius 1 is 1.67 bits per heavy atom. The highest BCUT2D eigenvalue weighted by atomic mass is 15.3. The summed E-state index contributed by atoms with van der Waals surface area (Å²) in [6.45, 7) is 5.60. The molecular formula is C9H13N3. The lowest BCUT2D eigenvalue weighted by Crippen LogP contribution is -1.93. The summed E-state index contributed by atoms with van der Waals surface area (Å²) in [6, 6.07) is 1.96. The van der Waals surface area contributed by atoms with Gasteiger partial charge in [0.1, 0.15) is 0 Å². The first-order valence-electron chi connectivity index (χ1n) is 3.84. The van der Waals surface area contributed by atoms with Crippen molar-refractivity contribution in [2.45, 2.75) is 6.92 Å². The van der Waals surface area contributed by atoms with Crippen molar-refractivity contribution in [3.8, 4) is 0 Å². The van der Waals surface area contributed by atoms with Crippen LogP contribution in [-0.4, -0.2) is 17.9 Å². The van der Waals surface area contributed by atoms with Gasteiger partial charge in [-0.15, -0.1) is 0 Å². The minimum absolute atomic E-state index is 0.982. The SMILES string of the molecule is C=Cc1c(NC)ccn1/N=C\C. The van der Waals surface area contributed by atoms with Gasteiger partial charge in [0.25, 0.3) is 0 Å². The minimum Gasteiger partial charge on any atom is -0.386 e. The van der Waals surface area contributed by atoms with Crippen molar-refractivity contribution in [1.29, 1.82) is 0 Å². The van der Waals surface area contributed by atoms with Crippen LogP contribution in [0.2, 0.25) is 0 Å². The van der Waals surface area contributed by atoms with Crippen LogP contribution in [0.1, 0.15) is 12.6 Å². The summed E-state index contributed by atoms with van der Waals surface area (Å²) < 4.78 is 1.78. The van der Waals surface area contributed by atoms with Gasteiger partial charge in [-0.25, -0.2) is 4.68 Å². The standard InChI is InChI=1S/C9H13N3/c1-4-9-8(10-3)6-7-12(9)11-5-2/h4-7,10H,1H2,2-3H3/b11-5-. The molecule has 0 amide bonds. The van der Waals surface area contributed by atoms with Gasteiger partial charge in [-0.2, -0.15) is 5.10 Å². The molecule has 0 aromatic carbocycles. The van der Waals surface area contributed by atoms with Gasteiger partial charge in [-0.05, 0) is 19.1 Å². The zero-order valence-corrected chi connectivity index (χ0v) is 7.41. The first-order valence-corrected chi connectivity index (χ1v) is 3.84. The van der Waals surface area contributed by atoms with Crippen LogP contribution in [0.4, 0.5) is 5.69 Å². The van der Waals surface area contributed by atoms with Crippen LogP contribution in [0.25, 0.3) is 6.08 Å². The van der Waals surface area contributed by atoms with Crippen LogP contribution in [0.3, 0.4) is 0 Å². The fourth-order valence-corrected chi connectivity index (χ4v) is 1.07. The number of rotatable bonds is 3. The highest BCUT2D eigenvalue weighted by molar-refractivity contribution is 5.64. The van der Waals surface area contributed by atoms with E-state index in [1.807, 2.05) is 26.2 Å². The Morgan fingerprint density at radius 2 is 2.42 bits per heavy atom. The molecule has 0 radical (unpaired) electrons. The van der Waals surface area contributed by atoms with Crippen molar-refractivity contribution >= 4 is 18.0 Å². The maximum Gasteiger partial charge on any atom is 0.0871 e. The molecular weight excluding hydrogens is 150 g/mol. The van der Waals surface area contributed by atoms with Gasteiger partial charge in [0.15, 0.2) is 0 Å². The number of anilines is 1. The van der Waals surface area contributed by atoms with E-state index in [0.717, 1.165) is 11.4 Å². The van der Waals surface area contributed by atoms with Gasteiger partial charge < -0.3 is 5.32 Å². The molecule has 3 nitrogen and oxygen atoms in total.